The first-order valence-corrected chi connectivity index (χ1v) is 5.08. The summed E-state index contributed by atoms with van der Waals surface area (Å²) in [5, 5.41) is 7.17. The van der Waals surface area contributed by atoms with Crippen LogP contribution in [0.4, 0.5) is 0 Å². The van der Waals surface area contributed by atoms with E-state index in [9.17, 15) is 0 Å². The lowest BCUT2D eigenvalue weighted by Gasteiger charge is -2.35. The Morgan fingerprint density at radius 2 is 1.07 bits per heavy atom. The van der Waals surface area contributed by atoms with Crippen molar-refractivity contribution in [3.05, 3.63) is 0 Å². The number of halogens is 2. The molecule has 0 aromatic heterocycles. The monoisotopic (exact) mass is 242 g/mol. The minimum atomic E-state index is 0. The van der Waals surface area contributed by atoms with Gasteiger partial charge in [0.1, 0.15) is 0 Å². The van der Waals surface area contributed by atoms with Gasteiger partial charge in [-0.25, -0.2) is 0 Å². The predicted molar refractivity (Wildman–Crippen MR) is 67.8 cm³/mol. The van der Waals surface area contributed by atoms with Crippen LogP contribution in [0.1, 0.15) is 27.7 Å². The van der Waals surface area contributed by atoms with Crippen LogP contribution >= 0.6 is 24.8 Å². The fourth-order valence-corrected chi connectivity index (χ4v) is 1.64. The maximum atomic E-state index is 3.59. The van der Waals surface area contributed by atoms with Crippen molar-refractivity contribution < 1.29 is 0 Å². The van der Waals surface area contributed by atoms with Gasteiger partial charge in [-0.1, -0.05) is 27.7 Å². The molecule has 0 aliphatic carbocycles. The van der Waals surface area contributed by atoms with Crippen molar-refractivity contribution in [1.82, 2.24) is 10.6 Å². The fourth-order valence-electron chi connectivity index (χ4n) is 1.64. The molecule has 88 valence electrons. The van der Waals surface area contributed by atoms with E-state index < -0.39 is 0 Å². The average Bonchev–Trinajstić information content (AvgIpc) is 2.04. The zero-order valence-corrected chi connectivity index (χ0v) is 11.2. The number of hydrogen-bond acceptors (Lipinski definition) is 2. The summed E-state index contributed by atoms with van der Waals surface area (Å²) >= 11 is 0. The van der Waals surface area contributed by atoms with Gasteiger partial charge in [0.05, 0.1) is 0 Å². The van der Waals surface area contributed by atoms with Crippen LogP contribution in [0.5, 0.6) is 0 Å². The van der Waals surface area contributed by atoms with Crippen LogP contribution in [0.3, 0.4) is 0 Å². The molecule has 1 fully saturated rings. The van der Waals surface area contributed by atoms with Gasteiger partial charge in [-0.15, -0.1) is 24.8 Å². The second-order valence-electron chi connectivity index (χ2n) is 4.52. The fraction of sp³-hybridized carbons (Fsp3) is 1.00. The van der Waals surface area contributed by atoms with Gasteiger partial charge in [-0.3, -0.25) is 0 Å². The Balaban J connectivity index is 0. The van der Waals surface area contributed by atoms with Gasteiger partial charge in [-0.05, 0) is 11.8 Å². The second-order valence-corrected chi connectivity index (χ2v) is 4.52. The minimum Gasteiger partial charge on any atom is -0.311 e. The summed E-state index contributed by atoms with van der Waals surface area (Å²) in [4.78, 5) is 0. The van der Waals surface area contributed by atoms with Gasteiger partial charge in [-0.2, -0.15) is 0 Å². The smallest absolute Gasteiger partial charge is 0.0216 e. The summed E-state index contributed by atoms with van der Waals surface area (Å²) in [5.74, 6) is 1.48. The topological polar surface area (TPSA) is 24.1 Å². The molecule has 0 spiro atoms. The van der Waals surface area contributed by atoms with Crippen LogP contribution in [0.25, 0.3) is 0 Å². The Kier molecular flexibility index (Phi) is 9.36. The van der Waals surface area contributed by atoms with Gasteiger partial charge in [0.2, 0.25) is 0 Å². The molecule has 1 heterocycles. The first-order chi connectivity index (χ1) is 5.61. The Morgan fingerprint density at radius 1 is 0.786 bits per heavy atom. The Morgan fingerprint density at radius 3 is 1.21 bits per heavy atom. The SMILES string of the molecule is CC(C)C1CNC(C(C)C)CN1.Cl.Cl. The molecule has 2 atom stereocenters. The summed E-state index contributed by atoms with van der Waals surface area (Å²) in [5.41, 5.74) is 0. The zero-order chi connectivity index (χ0) is 9.14. The highest BCUT2D eigenvalue weighted by Gasteiger charge is 2.23. The lowest BCUT2D eigenvalue weighted by atomic mass is 9.97. The molecule has 0 saturated carbocycles. The van der Waals surface area contributed by atoms with Crippen LogP contribution in [0.15, 0.2) is 0 Å². The number of nitrogens with one attached hydrogen (secondary N) is 2. The molecule has 0 aromatic rings. The van der Waals surface area contributed by atoms with Crippen LogP contribution in [0, 0.1) is 11.8 Å². The first kappa shape index (κ1) is 16.9. The van der Waals surface area contributed by atoms with E-state index in [1.54, 1.807) is 0 Å². The molecule has 2 unspecified atom stereocenters. The maximum Gasteiger partial charge on any atom is 0.0216 e. The second kappa shape index (κ2) is 7.75. The quantitative estimate of drug-likeness (QED) is 0.775. The van der Waals surface area contributed by atoms with Gasteiger partial charge in [0.15, 0.2) is 0 Å². The van der Waals surface area contributed by atoms with Crippen molar-refractivity contribution >= 4 is 24.8 Å². The molecule has 1 saturated heterocycles. The molecule has 1 aliphatic heterocycles. The summed E-state index contributed by atoms with van der Waals surface area (Å²) in [6, 6.07) is 1.33. The van der Waals surface area contributed by atoms with Crippen molar-refractivity contribution in [3.8, 4) is 0 Å². The Bertz CT molecular complexity index is 116. The molecule has 2 nitrogen and oxygen atoms in total. The third-order valence-corrected chi connectivity index (χ3v) is 2.81. The van der Waals surface area contributed by atoms with Crippen molar-refractivity contribution in [2.75, 3.05) is 13.1 Å². The van der Waals surface area contributed by atoms with Crippen molar-refractivity contribution in [2.45, 2.75) is 39.8 Å². The Labute approximate surface area is 100 Å². The summed E-state index contributed by atoms with van der Waals surface area (Å²) < 4.78 is 0. The van der Waals surface area contributed by atoms with Crippen LogP contribution in [-0.4, -0.2) is 25.2 Å². The van der Waals surface area contributed by atoms with Gasteiger partial charge in [0.25, 0.3) is 0 Å². The molecule has 2 N–H and O–H groups in total. The highest BCUT2D eigenvalue weighted by Crippen LogP contribution is 2.08. The van der Waals surface area contributed by atoms with Crippen LogP contribution < -0.4 is 10.6 Å². The van der Waals surface area contributed by atoms with Crippen molar-refractivity contribution in [3.63, 3.8) is 0 Å². The summed E-state index contributed by atoms with van der Waals surface area (Å²) in [7, 11) is 0. The van der Waals surface area contributed by atoms with E-state index in [-0.39, 0.29) is 24.8 Å². The Hall–Kier alpha value is 0.500. The van der Waals surface area contributed by atoms with E-state index in [0.717, 1.165) is 24.9 Å². The molecular formula is C10H24Cl2N2. The molecule has 1 aliphatic rings. The van der Waals surface area contributed by atoms with Gasteiger partial charge in [0, 0.05) is 25.2 Å². The van der Waals surface area contributed by atoms with Crippen LogP contribution in [-0.2, 0) is 0 Å². The molecule has 0 bridgehead atoms. The van der Waals surface area contributed by atoms with E-state index in [1.165, 1.54) is 0 Å². The average molecular weight is 243 g/mol. The molecule has 0 amide bonds. The highest BCUT2D eigenvalue weighted by atomic mass is 35.5. The molecule has 14 heavy (non-hydrogen) atoms. The van der Waals surface area contributed by atoms with E-state index in [4.69, 9.17) is 0 Å². The van der Waals surface area contributed by atoms with E-state index in [0.29, 0.717) is 12.1 Å². The summed E-state index contributed by atoms with van der Waals surface area (Å²) in [6.45, 7) is 11.3. The van der Waals surface area contributed by atoms with Crippen molar-refractivity contribution in [2.24, 2.45) is 11.8 Å². The molecule has 0 radical (unpaired) electrons. The lowest BCUT2D eigenvalue weighted by molar-refractivity contribution is 0.259. The third-order valence-electron chi connectivity index (χ3n) is 2.81. The van der Waals surface area contributed by atoms with Crippen LogP contribution in [0.2, 0.25) is 0 Å². The normalized spacial score (nSPS) is 27.0. The largest absolute Gasteiger partial charge is 0.311 e. The van der Waals surface area contributed by atoms with Gasteiger partial charge >= 0.3 is 0 Å². The minimum absolute atomic E-state index is 0. The van der Waals surface area contributed by atoms with E-state index in [1.807, 2.05) is 0 Å². The standard InChI is InChI=1S/C10H22N2.2ClH/c1-7(2)9-5-12-10(6-11-9)8(3)4;;/h7-12H,5-6H2,1-4H3;2*1H. The summed E-state index contributed by atoms with van der Waals surface area (Å²) in [6.07, 6.45) is 0. The maximum absolute atomic E-state index is 3.59. The number of piperazine rings is 1. The van der Waals surface area contributed by atoms with E-state index in [2.05, 4.69) is 38.3 Å². The van der Waals surface area contributed by atoms with Gasteiger partial charge < -0.3 is 10.6 Å². The van der Waals surface area contributed by atoms with Crippen molar-refractivity contribution in [1.29, 1.82) is 0 Å². The predicted octanol–water partition coefficient (Wildman–Crippen LogP) is 2.07. The first-order valence-electron chi connectivity index (χ1n) is 5.08. The van der Waals surface area contributed by atoms with E-state index >= 15 is 0 Å². The lowest BCUT2D eigenvalue weighted by Crippen LogP contribution is -2.57. The molecule has 4 heteroatoms. The highest BCUT2D eigenvalue weighted by molar-refractivity contribution is 5.85. The molecule has 1 rings (SSSR count). The zero-order valence-electron chi connectivity index (χ0n) is 9.54. The third kappa shape index (κ3) is 4.83. The number of rotatable bonds is 2. The molecular weight excluding hydrogens is 219 g/mol. The number of hydrogen-bond donors (Lipinski definition) is 2. The molecule has 0 aromatic carbocycles.